The Hall–Kier alpha value is -4.77. The summed E-state index contributed by atoms with van der Waals surface area (Å²) in [7, 11) is 3.87. The average molecular weight is 573 g/mol. The normalized spacial score (nSPS) is 15.0. The van der Waals surface area contributed by atoms with Gasteiger partial charge in [-0.2, -0.15) is 0 Å². The monoisotopic (exact) mass is 572 g/mol. The van der Waals surface area contributed by atoms with E-state index in [9.17, 15) is 19.7 Å². The van der Waals surface area contributed by atoms with Gasteiger partial charge < -0.3 is 14.1 Å². The number of furan rings is 1. The van der Waals surface area contributed by atoms with Crippen molar-refractivity contribution in [2.45, 2.75) is 26.8 Å². The fourth-order valence-electron chi connectivity index (χ4n) is 4.85. The van der Waals surface area contributed by atoms with Gasteiger partial charge in [0.15, 0.2) is 4.80 Å². The highest BCUT2D eigenvalue weighted by molar-refractivity contribution is 7.07. The maximum absolute atomic E-state index is 13.8. The molecule has 4 aromatic rings. The zero-order chi connectivity index (χ0) is 29.4. The number of esters is 1. The highest BCUT2D eigenvalue weighted by Crippen LogP contribution is 2.33. The summed E-state index contributed by atoms with van der Waals surface area (Å²) >= 11 is 1.19. The molecule has 1 atom stereocenters. The molecule has 0 radical (unpaired) electrons. The van der Waals surface area contributed by atoms with E-state index >= 15 is 0 Å². The number of nitro groups is 1. The number of aromatic nitrogens is 1. The molecule has 0 fully saturated rings. The van der Waals surface area contributed by atoms with Crippen LogP contribution in [0.4, 0.5) is 11.4 Å². The lowest BCUT2D eigenvalue weighted by atomic mass is 9.95. The number of hydrogen-bond acceptors (Lipinski definition) is 9. The van der Waals surface area contributed by atoms with E-state index in [2.05, 4.69) is 4.99 Å². The van der Waals surface area contributed by atoms with E-state index in [1.54, 1.807) is 51.1 Å². The summed E-state index contributed by atoms with van der Waals surface area (Å²) in [6.45, 7) is 5.33. The fourth-order valence-corrected chi connectivity index (χ4v) is 5.88. The van der Waals surface area contributed by atoms with Crippen LogP contribution >= 0.6 is 11.3 Å². The Balaban J connectivity index is 1.62. The third-order valence-corrected chi connectivity index (χ3v) is 7.89. The maximum atomic E-state index is 13.8. The van der Waals surface area contributed by atoms with Gasteiger partial charge in [-0.25, -0.2) is 9.79 Å². The Bertz CT molecular complexity index is 1880. The zero-order valence-electron chi connectivity index (χ0n) is 23.2. The van der Waals surface area contributed by atoms with Gasteiger partial charge in [-0.3, -0.25) is 19.5 Å². The number of thiazole rings is 1. The molecule has 0 unspecified atom stereocenters. The van der Waals surface area contributed by atoms with Crippen molar-refractivity contribution in [2.24, 2.45) is 4.99 Å². The highest BCUT2D eigenvalue weighted by Gasteiger charge is 2.33. The van der Waals surface area contributed by atoms with Crippen LogP contribution in [-0.2, 0) is 9.53 Å². The molecule has 2 aromatic carbocycles. The van der Waals surface area contributed by atoms with E-state index < -0.39 is 16.9 Å². The van der Waals surface area contributed by atoms with Gasteiger partial charge in [-0.15, -0.1) is 0 Å². The third kappa shape index (κ3) is 5.11. The lowest BCUT2D eigenvalue weighted by Gasteiger charge is -2.25. The molecule has 0 aliphatic carbocycles. The lowest BCUT2D eigenvalue weighted by molar-refractivity contribution is -0.385. The molecule has 11 heteroatoms. The molecular formula is C30H28N4O6S. The van der Waals surface area contributed by atoms with E-state index in [1.165, 1.54) is 22.0 Å². The molecule has 0 saturated heterocycles. The largest absolute Gasteiger partial charge is 0.463 e. The summed E-state index contributed by atoms with van der Waals surface area (Å²) in [5.74, 6) is 0.335. The minimum atomic E-state index is -0.719. The van der Waals surface area contributed by atoms with Crippen LogP contribution in [0.25, 0.3) is 17.4 Å². The second kappa shape index (κ2) is 11.0. The molecule has 1 aliphatic rings. The number of anilines is 1. The molecule has 0 N–H and O–H groups in total. The Labute approximate surface area is 239 Å². The molecule has 0 bridgehead atoms. The van der Waals surface area contributed by atoms with E-state index in [-0.39, 0.29) is 17.9 Å². The lowest BCUT2D eigenvalue weighted by Crippen LogP contribution is -2.39. The minimum absolute atomic E-state index is 0.000137. The van der Waals surface area contributed by atoms with Crippen molar-refractivity contribution in [2.75, 3.05) is 25.6 Å². The van der Waals surface area contributed by atoms with Gasteiger partial charge in [0.05, 0.1) is 33.4 Å². The van der Waals surface area contributed by atoms with Gasteiger partial charge in [-0.1, -0.05) is 35.6 Å². The number of nitrogens with zero attached hydrogens (tertiary/aromatic N) is 4. The van der Waals surface area contributed by atoms with Crippen molar-refractivity contribution in [1.82, 2.24) is 4.57 Å². The predicted molar refractivity (Wildman–Crippen MR) is 157 cm³/mol. The molecule has 210 valence electrons. The Morgan fingerprint density at radius 1 is 1.17 bits per heavy atom. The number of carbonyl (C=O) groups excluding carboxylic acids is 1. The van der Waals surface area contributed by atoms with Crippen LogP contribution in [0.3, 0.4) is 0 Å². The second-order valence-electron chi connectivity index (χ2n) is 9.70. The number of fused-ring (bicyclic) bond motifs is 1. The number of allylic oxidation sites excluding steroid dienone is 1. The predicted octanol–water partition coefficient (Wildman–Crippen LogP) is 4.34. The van der Waals surface area contributed by atoms with Gasteiger partial charge in [0.1, 0.15) is 11.5 Å². The molecule has 0 spiro atoms. The summed E-state index contributed by atoms with van der Waals surface area (Å²) < 4.78 is 13.2. The summed E-state index contributed by atoms with van der Waals surface area (Å²) in [5, 5.41) is 11.4. The quantitative estimate of drug-likeness (QED) is 0.184. The van der Waals surface area contributed by atoms with Crippen molar-refractivity contribution in [3.05, 3.63) is 113 Å². The molecule has 3 heterocycles. The fraction of sp³-hybridized carbons (Fsp3) is 0.233. The number of ether oxygens (including phenoxy) is 1. The van der Waals surface area contributed by atoms with Gasteiger partial charge in [0.2, 0.25) is 0 Å². The molecule has 10 nitrogen and oxygen atoms in total. The topological polar surface area (TPSA) is 120 Å². The SMILES string of the molecule is CCOC(=O)C1=C(C)N=c2s/c(=C\c3ccc(-c4cccc([N+](=O)[O-])c4C)o3)c(=O)n2[C@@H]1c1ccc(N(C)C)cc1. The molecule has 0 amide bonds. The maximum Gasteiger partial charge on any atom is 0.338 e. The van der Waals surface area contributed by atoms with E-state index in [0.29, 0.717) is 43.3 Å². The zero-order valence-corrected chi connectivity index (χ0v) is 24.0. The number of carbonyl (C=O) groups is 1. The molecule has 5 rings (SSSR count). The van der Waals surface area contributed by atoms with Crippen LogP contribution in [0.5, 0.6) is 0 Å². The first-order chi connectivity index (χ1) is 19.6. The van der Waals surface area contributed by atoms with Gasteiger partial charge in [0, 0.05) is 43.1 Å². The smallest absolute Gasteiger partial charge is 0.338 e. The van der Waals surface area contributed by atoms with Crippen LogP contribution in [0, 0.1) is 17.0 Å². The van der Waals surface area contributed by atoms with Crippen LogP contribution < -0.4 is 19.8 Å². The van der Waals surface area contributed by atoms with Crippen LogP contribution in [-0.4, -0.2) is 36.2 Å². The number of rotatable bonds is 7. The first kappa shape index (κ1) is 27.8. The van der Waals surface area contributed by atoms with Crippen molar-refractivity contribution < 1.29 is 18.9 Å². The van der Waals surface area contributed by atoms with E-state index in [4.69, 9.17) is 9.15 Å². The van der Waals surface area contributed by atoms with Crippen molar-refractivity contribution in [3.63, 3.8) is 0 Å². The number of benzene rings is 2. The summed E-state index contributed by atoms with van der Waals surface area (Å²) in [4.78, 5) is 44.9. The van der Waals surface area contributed by atoms with Crippen LogP contribution in [0.2, 0.25) is 0 Å². The minimum Gasteiger partial charge on any atom is -0.463 e. The summed E-state index contributed by atoms with van der Waals surface area (Å²) in [5.41, 5.74) is 3.28. The standard InChI is InChI=1S/C30H28N4O6S/c1-6-39-29(36)26-18(3)31-30-33(27(26)19-10-12-20(13-11-19)32(4)5)28(35)25(41-30)16-21-14-15-24(40-21)22-8-7-9-23(17(22)2)34(37)38/h7-16,27H,6H2,1-5H3/b25-16-/t27-/m1/s1. The van der Waals surface area contributed by atoms with Gasteiger partial charge in [-0.05, 0) is 50.6 Å². The highest BCUT2D eigenvalue weighted by atomic mass is 32.1. The second-order valence-corrected chi connectivity index (χ2v) is 10.7. The van der Waals surface area contributed by atoms with E-state index in [0.717, 1.165) is 11.3 Å². The van der Waals surface area contributed by atoms with Crippen molar-refractivity contribution in [1.29, 1.82) is 0 Å². The Morgan fingerprint density at radius 2 is 1.90 bits per heavy atom. The first-order valence-corrected chi connectivity index (χ1v) is 13.7. The first-order valence-electron chi connectivity index (χ1n) is 12.9. The number of hydrogen-bond donors (Lipinski definition) is 0. The van der Waals surface area contributed by atoms with Crippen molar-refractivity contribution in [3.8, 4) is 11.3 Å². The molecule has 0 saturated carbocycles. The van der Waals surface area contributed by atoms with Crippen LogP contribution in [0.15, 0.2) is 80.1 Å². The molecule has 1 aliphatic heterocycles. The Kier molecular flexibility index (Phi) is 7.46. The van der Waals surface area contributed by atoms with Crippen LogP contribution in [0.1, 0.15) is 36.8 Å². The molecule has 41 heavy (non-hydrogen) atoms. The molecular weight excluding hydrogens is 544 g/mol. The summed E-state index contributed by atoms with van der Waals surface area (Å²) in [6.07, 6.45) is 1.62. The molecule has 2 aromatic heterocycles. The average Bonchev–Trinajstić information content (AvgIpc) is 3.52. The van der Waals surface area contributed by atoms with Gasteiger partial charge >= 0.3 is 5.97 Å². The van der Waals surface area contributed by atoms with Crippen molar-refractivity contribution >= 4 is 34.8 Å². The Morgan fingerprint density at radius 3 is 2.56 bits per heavy atom. The van der Waals surface area contributed by atoms with Gasteiger partial charge in [0.25, 0.3) is 11.2 Å². The summed E-state index contributed by atoms with van der Waals surface area (Å²) in [6, 6.07) is 15.2. The third-order valence-electron chi connectivity index (χ3n) is 6.91. The number of nitro benzene ring substituents is 1. The van der Waals surface area contributed by atoms with E-state index in [1.807, 2.05) is 43.3 Å².